The monoisotopic (exact) mass is 344 g/mol. The lowest BCUT2D eigenvalue weighted by Gasteiger charge is -2.29. The third kappa shape index (κ3) is 4.14. The molecule has 1 saturated carbocycles. The molecule has 0 radical (unpaired) electrons. The summed E-state index contributed by atoms with van der Waals surface area (Å²) in [4.78, 5) is 12.4. The maximum Gasteiger partial charge on any atom is 0.243 e. The fraction of sp³-hybridized carbons (Fsp3) is 0.533. The highest BCUT2D eigenvalue weighted by molar-refractivity contribution is 7.92. The van der Waals surface area contributed by atoms with Crippen LogP contribution >= 0.6 is 11.6 Å². The zero-order valence-corrected chi connectivity index (χ0v) is 14.3. The van der Waals surface area contributed by atoms with Crippen LogP contribution in [0.1, 0.15) is 32.6 Å². The van der Waals surface area contributed by atoms with E-state index in [0.29, 0.717) is 10.7 Å². The van der Waals surface area contributed by atoms with Crippen LogP contribution in [0.2, 0.25) is 5.02 Å². The first kappa shape index (κ1) is 17.1. The van der Waals surface area contributed by atoms with E-state index in [0.717, 1.165) is 36.2 Å². The number of halogens is 1. The summed E-state index contributed by atoms with van der Waals surface area (Å²) in [5, 5.41) is 3.36. The number of rotatable bonds is 5. The van der Waals surface area contributed by atoms with Crippen molar-refractivity contribution in [3.8, 4) is 0 Å². The molecule has 122 valence electrons. The minimum absolute atomic E-state index is 0.149. The summed E-state index contributed by atoms with van der Waals surface area (Å²) < 4.78 is 25.4. The lowest BCUT2D eigenvalue weighted by molar-refractivity contribution is -0.122. The Balaban J connectivity index is 2.23. The van der Waals surface area contributed by atoms with Crippen molar-refractivity contribution in [1.29, 1.82) is 0 Å². The average Bonchev–Trinajstić information content (AvgIpc) is 2.90. The third-order valence-electron chi connectivity index (χ3n) is 3.85. The van der Waals surface area contributed by atoms with Crippen molar-refractivity contribution < 1.29 is 13.2 Å². The van der Waals surface area contributed by atoms with Crippen LogP contribution in [0.15, 0.2) is 24.3 Å². The van der Waals surface area contributed by atoms with Crippen LogP contribution in [-0.2, 0) is 14.8 Å². The van der Waals surface area contributed by atoms with Gasteiger partial charge in [-0.2, -0.15) is 0 Å². The summed E-state index contributed by atoms with van der Waals surface area (Å²) in [6.07, 6.45) is 5.20. The summed E-state index contributed by atoms with van der Waals surface area (Å²) in [6.45, 7) is 1.59. The van der Waals surface area contributed by atoms with Crippen LogP contribution in [0.5, 0.6) is 0 Å². The second-order valence-electron chi connectivity index (χ2n) is 5.70. The van der Waals surface area contributed by atoms with E-state index in [-0.39, 0.29) is 11.9 Å². The topological polar surface area (TPSA) is 66.5 Å². The molecule has 0 aromatic heterocycles. The van der Waals surface area contributed by atoms with E-state index < -0.39 is 16.1 Å². The van der Waals surface area contributed by atoms with Crippen molar-refractivity contribution in [2.24, 2.45) is 0 Å². The second-order valence-corrected chi connectivity index (χ2v) is 8.00. The average molecular weight is 345 g/mol. The maximum atomic E-state index is 12.4. The Kier molecular flexibility index (Phi) is 5.34. The molecular weight excluding hydrogens is 324 g/mol. The fourth-order valence-corrected chi connectivity index (χ4v) is 4.17. The first-order chi connectivity index (χ1) is 10.3. The summed E-state index contributed by atoms with van der Waals surface area (Å²) in [6, 6.07) is 5.82. The van der Waals surface area contributed by atoms with Gasteiger partial charge in [0.15, 0.2) is 0 Å². The van der Waals surface area contributed by atoms with E-state index in [4.69, 9.17) is 11.6 Å². The summed E-state index contributed by atoms with van der Waals surface area (Å²) >= 11 is 5.94. The number of nitrogens with one attached hydrogen (secondary N) is 1. The first-order valence-corrected chi connectivity index (χ1v) is 9.57. The van der Waals surface area contributed by atoms with Crippen LogP contribution < -0.4 is 9.62 Å². The molecule has 0 heterocycles. The molecule has 1 fully saturated rings. The van der Waals surface area contributed by atoms with Gasteiger partial charge in [-0.3, -0.25) is 9.10 Å². The Hall–Kier alpha value is -1.27. The number of benzene rings is 1. The first-order valence-electron chi connectivity index (χ1n) is 7.34. The van der Waals surface area contributed by atoms with Gasteiger partial charge in [-0.1, -0.05) is 30.5 Å². The molecule has 1 aliphatic carbocycles. The minimum atomic E-state index is -3.60. The number of sulfonamides is 1. The molecule has 0 spiro atoms. The standard InChI is InChI=1S/C15H21ClN2O3S/c1-11(15(19)17-13-7-3-4-8-13)18(22(2,20)21)14-9-5-6-12(16)10-14/h5-6,9-11,13H,3-4,7-8H2,1-2H3,(H,17,19). The predicted molar refractivity (Wildman–Crippen MR) is 88.6 cm³/mol. The Morgan fingerprint density at radius 1 is 1.36 bits per heavy atom. The smallest absolute Gasteiger partial charge is 0.243 e. The quantitative estimate of drug-likeness (QED) is 0.892. The number of amides is 1. The molecule has 1 unspecified atom stereocenters. The van der Waals surface area contributed by atoms with Crippen LogP contribution in [-0.4, -0.2) is 32.7 Å². The van der Waals surface area contributed by atoms with E-state index in [1.165, 1.54) is 0 Å². The van der Waals surface area contributed by atoms with Crippen molar-refractivity contribution in [2.75, 3.05) is 10.6 Å². The molecular formula is C15H21ClN2O3S. The van der Waals surface area contributed by atoms with Gasteiger partial charge in [0, 0.05) is 11.1 Å². The summed E-state index contributed by atoms with van der Waals surface area (Å²) in [7, 11) is -3.60. The third-order valence-corrected chi connectivity index (χ3v) is 5.33. The number of nitrogens with zero attached hydrogens (tertiary/aromatic N) is 1. The number of carbonyl (C=O) groups is 1. The summed E-state index contributed by atoms with van der Waals surface area (Å²) in [5.74, 6) is -0.280. The normalized spacial score (nSPS) is 17.2. The molecule has 1 aliphatic rings. The van der Waals surface area contributed by atoms with Gasteiger partial charge in [0.1, 0.15) is 6.04 Å². The van der Waals surface area contributed by atoms with Gasteiger partial charge in [-0.05, 0) is 38.0 Å². The summed E-state index contributed by atoms with van der Waals surface area (Å²) in [5.41, 5.74) is 0.393. The van der Waals surface area contributed by atoms with Crippen molar-refractivity contribution in [3.05, 3.63) is 29.3 Å². The number of hydrogen-bond donors (Lipinski definition) is 1. The molecule has 22 heavy (non-hydrogen) atoms. The predicted octanol–water partition coefficient (Wildman–Crippen LogP) is 2.55. The minimum Gasteiger partial charge on any atom is -0.352 e. The van der Waals surface area contributed by atoms with E-state index in [1.807, 2.05) is 0 Å². The fourth-order valence-electron chi connectivity index (χ4n) is 2.81. The number of anilines is 1. The molecule has 0 bridgehead atoms. The van der Waals surface area contributed by atoms with Crippen molar-refractivity contribution in [1.82, 2.24) is 5.32 Å². The van der Waals surface area contributed by atoms with Gasteiger partial charge in [0.2, 0.25) is 15.9 Å². The Bertz CT molecular complexity index is 642. The molecule has 5 nitrogen and oxygen atoms in total. The number of carbonyl (C=O) groups excluding carboxylic acids is 1. The van der Waals surface area contributed by atoms with Crippen LogP contribution in [0.4, 0.5) is 5.69 Å². The van der Waals surface area contributed by atoms with E-state index in [9.17, 15) is 13.2 Å². The Labute approximate surface area is 136 Å². The number of hydrogen-bond acceptors (Lipinski definition) is 3. The van der Waals surface area contributed by atoms with E-state index in [2.05, 4.69) is 5.32 Å². The van der Waals surface area contributed by atoms with Gasteiger partial charge >= 0.3 is 0 Å². The van der Waals surface area contributed by atoms with Gasteiger partial charge < -0.3 is 5.32 Å². The van der Waals surface area contributed by atoms with E-state index in [1.54, 1.807) is 31.2 Å². The van der Waals surface area contributed by atoms with Crippen molar-refractivity contribution in [2.45, 2.75) is 44.7 Å². The van der Waals surface area contributed by atoms with Crippen LogP contribution in [0.25, 0.3) is 0 Å². The largest absolute Gasteiger partial charge is 0.352 e. The Morgan fingerprint density at radius 2 is 2.00 bits per heavy atom. The SMILES string of the molecule is CC(C(=O)NC1CCCC1)N(c1cccc(Cl)c1)S(C)(=O)=O. The van der Waals surface area contributed by atoms with Crippen LogP contribution in [0.3, 0.4) is 0 Å². The van der Waals surface area contributed by atoms with Crippen LogP contribution in [0, 0.1) is 0 Å². The highest BCUT2D eigenvalue weighted by Crippen LogP contribution is 2.25. The maximum absolute atomic E-state index is 12.4. The molecule has 1 N–H and O–H groups in total. The zero-order chi connectivity index (χ0) is 16.3. The van der Waals surface area contributed by atoms with Gasteiger partial charge in [0.25, 0.3) is 0 Å². The van der Waals surface area contributed by atoms with Gasteiger partial charge in [-0.25, -0.2) is 8.42 Å². The second kappa shape index (κ2) is 6.87. The lowest BCUT2D eigenvalue weighted by Crippen LogP contribution is -2.49. The highest BCUT2D eigenvalue weighted by atomic mass is 35.5. The zero-order valence-electron chi connectivity index (χ0n) is 12.8. The van der Waals surface area contributed by atoms with E-state index >= 15 is 0 Å². The Morgan fingerprint density at radius 3 is 2.55 bits per heavy atom. The van der Waals surface area contributed by atoms with Gasteiger partial charge in [-0.15, -0.1) is 0 Å². The molecule has 1 amide bonds. The molecule has 1 aromatic carbocycles. The highest BCUT2D eigenvalue weighted by Gasteiger charge is 2.30. The van der Waals surface area contributed by atoms with Gasteiger partial charge in [0.05, 0.1) is 11.9 Å². The lowest BCUT2D eigenvalue weighted by atomic mass is 10.2. The van der Waals surface area contributed by atoms with Crippen molar-refractivity contribution in [3.63, 3.8) is 0 Å². The molecule has 7 heteroatoms. The molecule has 0 saturated heterocycles. The molecule has 1 atom stereocenters. The molecule has 1 aromatic rings. The molecule has 0 aliphatic heterocycles. The van der Waals surface area contributed by atoms with Crippen molar-refractivity contribution >= 4 is 33.2 Å². The molecule has 2 rings (SSSR count).